The van der Waals surface area contributed by atoms with E-state index >= 15 is 0 Å². The van der Waals surface area contributed by atoms with E-state index in [1.54, 1.807) is 61.0 Å². The van der Waals surface area contributed by atoms with Crippen molar-refractivity contribution in [3.05, 3.63) is 119 Å². The molecule has 4 aromatic rings. The van der Waals surface area contributed by atoms with Crippen molar-refractivity contribution in [1.82, 2.24) is 0 Å². The highest BCUT2D eigenvalue weighted by Gasteiger charge is 2.27. The molecule has 4 aromatic carbocycles. The van der Waals surface area contributed by atoms with Gasteiger partial charge in [-0.05, 0) is 70.8 Å². The normalized spacial score (nSPS) is 11.7. The molecule has 0 heterocycles. The van der Waals surface area contributed by atoms with Crippen molar-refractivity contribution in [2.45, 2.75) is 48.3 Å². The third-order valence-corrected chi connectivity index (χ3v) is 9.04. The quantitative estimate of drug-likeness (QED) is 0.227. The van der Waals surface area contributed by atoms with Crippen LogP contribution in [-0.2, 0) is 20.7 Å². The number of ether oxygens (including phenoxy) is 2. The molecule has 4 rings (SSSR count). The summed E-state index contributed by atoms with van der Waals surface area (Å²) in [6.45, 7) is 8.23. The Morgan fingerprint density at radius 3 is 1.03 bits per heavy atom. The first-order chi connectivity index (χ1) is 18.5. The van der Waals surface area contributed by atoms with Gasteiger partial charge in [0.2, 0.25) is 9.84 Å². The summed E-state index contributed by atoms with van der Waals surface area (Å²) in [5.41, 5.74) is 3.15. The van der Waals surface area contributed by atoms with Gasteiger partial charge in [-0.2, -0.15) is 0 Å². The van der Waals surface area contributed by atoms with Crippen LogP contribution in [0.3, 0.4) is 0 Å². The third kappa shape index (κ3) is 5.50. The van der Waals surface area contributed by atoms with Crippen molar-refractivity contribution in [2.24, 2.45) is 0 Å². The van der Waals surface area contributed by atoms with Crippen molar-refractivity contribution in [3.8, 4) is 24.0 Å². The first kappa shape index (κ1) is 27.4. The zero-order valence-electron chi connectivity index (χ0n) is 22.2. The van der Waals surface area contributed by atoms with Crippen LogP contribution in [0.15, 0.2) is 107 Å². The van der Waals surface area contributed by atoms with Gasteiger partial charge in [0, 0.05) is 10.8 Å². The van der Waals surface area contributed by atoms with Crippen molar-refractivity contribution in [2.75, 3.05) is 0 Å². The molecular weight excluding hydrogens is 508 g/mol. The van der Waals surface area contributed by atoms with Gasteiger partial charge in [0.05, 0.1) is 9.79 Å². The van der Waals surface area contributed by atoms with Crippen molar-refractivity contribution < 1.29 is 17.9 Å². The van der Waals surface area contributed by atoms with E-state index < -0.39 is 9.84 Å². The van der Waals surface area contributed by atoms with Crippen LogP contribution in [0.4, 0.5) is 0 Å². The Hall–Kier alpha value is -4.59. The number of hydrogen-bond donors (Lipinski definition) is 0. The largest absolute Gasteiger partial charge is 0.388 e. The summed E-state index contributed by atoms with van der Waals surface area (Å²) in [7, 11) is -3.71. The van der Waals surface area contributed by atoms with E-state index in [1.807, 2.05) is 48.5 Å². The number of hydrogen-bond acceptors (Lipinski definition) is 6. The van der Waals surface area contributed by atoms with Crippen LogP contribution in [0.1, 0.15) is 49.9 Å². The first-order valence-electron chi connectivity index (χ1n) is 12.3. The van der Waals surface area contributed by atoms with E-state index in [9.17, 15) is 8.42 Å². The molecule has 0 N–H and O–H groups in total. The summed E-state index contributed by atoms with van der Waals surface area (Å²) in [6.07, 6.45) is 3.32. The molecule has 0 aromatic heterocycles. The van der Waals surface area contributed by atoms with Crippen LogP contribution < -0.4 is 9.47 Å². The predicted octanol–water partition coefficient (Wildman–Crippen LogP) is 6.89. The fraction of sp³-hybridized carbons (Fsp3) is 0.188. The van der Waals surface area contributed by atoms with Gasteiger partial charge in [-0.25, -0.2) is 8.42 Å². The van der Waals surface area contributed by atoms with Crippen LogP contribution in [-0.4, -0.2) is 8.42 Å². The monoisotopic (exact) mass is 536 g/mol. The van der Waals surface area contributed by atoms with E-state index in [0.29, 0.717) is 11.5 Å². The molecule has 0 bridgehead atoms. The number of nitrogens with zero attached hydrogens (tertiary/aromatic N) is 2. The lowest BCUT2D eigenvalue weighted by Gasteiger charge is -2.27. The molecule has 0 amide bonds. The molecule has 0 saturated carbocycles. The lowest BCUT2D eigenvalue weighted by Crippen LogP contribution is -2.19. The van der Waals surface area contributed by atoms with Gasteiger partial charge in [0.25, 0.3) is 12.5 Å². The van der Waals surface area contributed by atoms with E-state index in [0.717, 1.165) is 22.3 Å². The fourth-order valence-corrected chi connectivity index (χ4v) is 5.82. The van der Waals surface area contributed by atoms with Crippen LogP contribution in [0.5, 0.6) is 11.5 Å². The van der Waals surface area contributed by atoms with Crippen LogP contribution in [0.25, 0.3) is 0 Å². The van der Waals surface area contributed by atoms with Gasteiger partial charge in [-0.15, -0.1) is 10.5 Å². The Morgan fingerprint density at radius 1 is 0.513 bits per heavy atom. The van der Waals surface area contributed by atoms with Gasteiger partial charge in [0.15, 0.2) is 0 Å². The second-order valence-corrected chi connectivity index (χ2v) is 12.2. The average Bonchev–Trinajstić information content (AvgIpc) is 2.94. The SMILES string of the molecule is CC(C)(c1ccc(OC#N)cc1)c1ccc(S(=O)(=O)c2ccc(C(C)(C)c3ccc(OC#N)cc3)cc2)cc1. The summed E-state index contributed by atoms with van der Waals surface area (Å²) in [5.74, 6) is 0.937. The summed E-state index contributed by atoms with van der Waals surface area (Å²) in [4.78, 5) is 0.444. The summed E-state index contributed by atoms with van der Waals surface area (Å²) < 4.78 is 36.5. The standard InChI is InChI=1S/C32H28N2O4S/c1-31(2,23-5-13-27(14-6-23)37-21-33)25-9-17-29(18-10-25)39(35,36)30-19-11-26(12-20-30)32(3,4)24-7-15-28(16-8-24)38-22-34/h5-20H,1-4H3. The Balaban J connectivity index is 1.56. The molecule has 0 aliphatic heterocycles. The third-order valence-electron chi connectivity index (χ3n) is 7.25. The van der Waals surface area contributed by atoms with Crippen molar-refractivity contribution in [1.29, 1.82) is 10.5 Å². The highest BCUT2D eigenvalue weighted by Crippen LogP contribution is 2.35. The zero-order chi connectivity index (χ0) is 28.3. The Morgan fingerprint density at radius 2 is 0.769 bits per heavy atom. The van der Waals surface area contributed by atoms with Crippen molar-refractivity contribution in [3.63, 3.8) is 0 Å². The maximum Gasteiger partial charge on any atom is 0.292 e. The minimum absolute atomic E-state index is 0.222. The number of rotatable bonds is 8. The molecule has 0 saturated heterocycles. The molecule has 0 spiro atoms. The molecule has 0 fully saturated rings. The average molecular weight is 537 g/mol. The summed E-state index contributed by atoms with van der Waals surface area (Å²) in [6, 6.07) is 28.5. The minimum Gasteiger partial charge on any atom is -0.388 e. The van der Waals surface area contributed by atoms with E-state index in [4.69, 9.17) is 20.0 Å². The zero-order valence-corrected chi connectivity index (χ0v) is 23.0. The molecule has 0 atom stereocenters. The molecule has 7 heteroatoms. The fourth-order valence-electron chi connectivity index (χ4n) is 4.56. The molecule has 0 radical (unpaired) electrons. The van der Waals surface area contributed by atoms with Crippen LogP contribution >= 0.6 is 0 Å². The van der Waals surface area contributed by atoms with Crippen LogP contribution in [0.2, 0.25) is 0 Å². The van der Waals surface area contributed by atoms with Gasteiger partial charge in [-0.3, -0.25) is 0 Å². The number of sulfone groups is 1. The maximum absolute atomic E-state index is 13.4. The topological polar surface area (TPSA) is 100 Å². The number of nitriles is 2. The molecule has 0 aliphatic rings. The predicted molar refractivity (Wildman–Crippen MR) is 148 cm³/mol. The molecule has 6 nitrogen and oxygen atoms in total. The smallest absolute Gasteiger partial charge is 0.292 e. The Bertz CT molecular complexity index is 1520. The van der Waals surface area contributed by atoms with Gasteiger partial charge in [0.1, 0.15) is 11.5 Å². The lowest BCUT2D eigenvalue weighted by atomic mass is 9.78. The molecular formula is C32H28N2O4S. The van der Waals surface area contributed by atoms with E-state index in [-0.39, 0.29) is 20.6 Å². The summed E-state index contributed by atoms with van der Waals surface area (Å²) >= 11 is 0. The molecule has 0 unspecified atom stereocenters. The van der Waals surface area contributed by atoms with Crippen LogP contribution in [0, 0.1) is 23.0 Å². The van der Waals surface area contributed by atoms with E-state index in [1.165, 1.54) is 0 Å². The van der Waals surface area contributed by atoms with Crippen molar-refractivity contribution >= 4 is 9.84 Å². The lowest BCUT2D eigenvalue weighted by molar-refractivity contribution is 0.506. The van der Waals surface area contributed by atoms with Gasteiger partial charge >= 0.3 is 0 Å². The Kier molecular flexibility index (Phi) is 7.49. The first-order valence-corrected chi connectivity index (χ1v) is 13.8. The van der Waals surface area contributed by atoms with Gasteiger partial charge in [-0.1, -0.05) is 76.2 Å². The second kappa shape index (κ2) is 10.6. The number of benzene rings is 4. The highest BCUT2D eigenvalue weighted by molar-refractivity contribution is 7.91. The molecule has 0 aliphatic carbocycles. The summed E-state index contributed by atoms with van der Waals surface area (Å²) in [5, 5.41) is 17.4. The van der Waals surface area contributed by atoms with E-state index in [2.05, 4.69) is 27.7 Å². The maximum atomic E-state index is 13.4. The Labute approximate surface area is 229 Å². The second-order valence-electron chi connectivity index (χ2n) is 10.2. The van der Waals surface area contributed by atoms with Gasteiger partial charge < -0.3 is 9.47 Å². The minimum atomic E-state index is -3.71. The highest BCUT2D eigenvalue weighted by atomic mass is 32.2. The molecule has 39 heavy (non-hydrogen) atoms. The molecule has 196 valence electrons.